The summed E-state index contributed by atoms with van der Waals surface area (Å²) in [5.74, 6) is 0.626. The number of aliphatic hydroxyl groups is 1. The summed E-state index contributed by atoms with van der Waals surface area (Å²) in [7, 11) is 0. The summed E-state index contributed by atoms with van der Waals surface area (Å²) >= 11 is 0. The Morgan fingerprint density at radius 1 is 1.09 bits per heavy atom. The van der Waals surface area contributed by atoms with Gasteiger partial charge in [-0.15, -0.1) is 24.0 Å². The SMILES string of the molecule is CCNC(=NCc1ccc(Cn2ccnc2)cc1)NCC(O)c1ccc(OC(F)F)cc1.I. The van der Waals surface area contributed by atoms with Crippen molar-refractivity contribution in [3.8, 4) is 5.75 Å². The normalized spacial score (nSPS) is 12.2. The maximum absolute atomic E-state index is 12.2. The first kappa shape index (κ1) is 26.5. The van der Waals surface area contributed by atoms with Gasteiger partial charge in [0.15, 0.2) is 5.96 Å². The van der Waals surface area contributed by atoms with Gasteiger partial charge in [-0.3, -0.25) is 0 Å². The van der Waals surface area contributed by atoms with Crippen LogP contribution in [0, 0.1) is 0 Å². The number of halogens is 3. The van der Waals surface area contributed by atoms with Crippen LogP contribution in [0.25, 0.3) is 0 Å². The predicted octanol–water partition coefficient (Wildman–Crippen LogP) is 3.94. The molecule has 3 rings (SSSR count). The molecule has 0 spiro atoms. The van der Waals surface area contributed by atoms with Crippen LogP contribution in [0.5, 0.6) is 5.75 Å². The number of imidazole rings is 1. The van der Waals surface area contributed by atoms with Gasteiger partial charge in [0.05, 0.1) is 19.0 Å². The Balaban J connectivity index is 0.00000385. The van der Waals surface area contributed by atoms with E-state index in [9.17, 15) is 13.9 Å². The second-order valence-corrected chi connectivity index (χ2v) is 7.09. The van der Waals surface area contributed by atoms with Crippen molar-refractivity contribution in [2.24, 2.45) is 4.99 Å². The zero-order valence-corrected chi connectivity index (χ0v) is 20.5. The van der Waals surface area contributed by atoms with Gasteiger partial charge in [-0.25, -0.2) is 9.98 Å². The molecule has 1 unspecified atom stereocenters. The summed E-state index contributed by atoms with van der Waals surface area (Å²) in [5.41, 5.74) is 2.82. The number of hydrogen-bond acceptors (Lipinski definition) is 4. The molecule has 3 N–H and O–H groups in total. The molecule has 1 atom stereocenters. The third kappa shape index (κ3) is 8.97. The average molecular weight is 571 g/mol. The number of benzene rings is 2. The first-order valence-electron chi connectivity index (χ1n) is 10.3. The van der Waals surface area contributed by atoms with Crippen molar-refractivity contribution in [2.45, 2.75) is 32.7 Å². The monoisotopic (exact) mass is 571 g/mol. The third-order valence-electron chi connectivity index (χ3n) is 4.66. The van der Waals surface area contributed by atoms with Crippen molar-refractivity contribution in [1.82, 2.24) is 20.2 Å². The number of aliphatic imine (C=N–C) groups is 1. The second-order valence-electron chi connectivity index (χ2n) is 7.09. The molecule has 7 nitrogen and oxygen atoms in total. The van der Waals surface area contributed by atoms with E-state index in [0.29, 0.717) is 24.6 Å². The van der Waals surface area contributed by atoms with E-state index in [0.717, 1.165) is 12.1 Å². The van der Waals surface area contributed by atoms with Gasteiger partial charge in [0.1, 0.15) is 5.75 Å². The summed E-state index contributed by atoms with van der Waals surface area (Å²) in [5, 5.41) is 16.6. The van der Waals surface area contributed by atoms with Gasteiger partial charge in [0.2, 0.25) is 0 Å². The fourth-order valence-corrected chi connectivity index (χ4v) is 3.04. The minimum Gasteiger partial charge on any atom is -0.435 e. The number of aromatic nitrogens is 2. The minimum atomic E-state index is -2.88. The highest BCUT2D eigenvalue weighted by molar-refractivity contribution is 14.0. The van der Waals surface area contributed by atoms with E-state index >= 15 is 0 Å². The smallest absolute Gasteiger partial charge is 0.387 e. The Morgan fingerprint density at radius 3 is 2.39 bits per heavy atom. The molecule has 0 aliphatic rings. The number of nitrogens with one attached hydrogen (secondary N) is 2. The summed E-state index contributed by atoms with van der Waals surface area (Å²) in [6.07, 6.45) is 4.63. The van der Waals surface area contributed by atoms with Crippen LogP contribution in [0.3, 0.4) is 0 Å². The number of rotatable bonds is 10. The van der Waals surface area contributed by atoms with Gasteiger partial charge in [-0.05, 0) is 35.7 Å². The van der Waals surface area contributed by atoms with Crippen LogP contribution < -0.4 is 15.4 Å². The van der Waals surface area contributed by atoms with Crippen molar-refractivity contribution in [1.29, 1.82) is 0 Å². The maximum Gasteiger partial charge on any atom is 0.387 e. The van der Waals surface area contributed by atoms with Crippen LogP contribution in [0.2, 0.25) is 0 Å². The molecule has 1 heterocycles. The Bertz CT molecular complexity index is 968. The van der Waals surface area contributed by atoms with E-state index in [1.54, 1.807) is 24.7 Å². The number of aliphatic hydroxyl groups excluding tert-OH is 1. The van der Waals surface area contributed by atoms with Crippen LogP contribution in [0.1, 0.15) is 29.7 Å². The molecular weight excluding hydrogens is 543 g/mol. The molecule has 0 aliphatic carbocycles. The average Bonchev–Trinajstić information content (AvgIpc) is 3.29. The molecule has 0 aliphatic heterocycles. The molecule has 3 aromatic rings. The lowest BCUT2D eigenvalue weighted by Gasteiger charge is -2.16. The number of guanidine groups is 1. The third-order valence-corrected chi connectivity index (χ3v) is 4.66. The van der Waals surface area contributed by atoms with Crippen LogP contribution in [0.4, 0.5) is 8.78 Å². The summed E-state index contributed by atoms with van der Waals surface area (Å²) < 4.78 is 30.8. The van der Waals surface area contributed by atoms with Gasteiger partial charge >= 0.3 is 6.61 Å². The zero-order chi connectivity index (χ0) is 22.8. The fraction of sp³-hybridized carbons (Fsp3) is 0.304. The number of hydrogen-bond donors (Lipinski definition) is 3. The highest BCUT2D eigenvalue weighted by Crippen LogP contribution is 2.19. The first-order chi connectivity index (χ1) is 15.5. The van der Waals surface area contributed by atoms with Gasteiger partial charge in [0.25, 0.3) is 0 Å². The van der Waals surface area contributed by atoms with Gasteiger partial charge in [0, 0.05) is 32.0 Å². The van der Waals surface area contributed by atoms with Crippen LogP contribution >= 0.6 is 24.0 Å². The van der Waals surface area contributed by atoms with E-state index < -0.39 is 12.7 Å². The maximum atomic E-state index is 12.2. The van der Waals surface area contributed by atoms with Crippen molar-refractivity contribution in [3.05, 3.63) is 83.9 Å². The van der Waals surface area contributed by atoms with E-state index in [2.05, 4.69) is 37.5 Å². The molecular formula is C23H28F2IN5O2. The highest BCUT2D eigenvalue weighted by Gasteiger charge is 2.10. The van der Waals surface area contributed by atoms with E-state index in [-0.39, 0.29) is 36.3 Å². The molecule has 0 saturated heterocycles. The highest BCUT2D eigenvalue weighted by atomic mass is 127. The molecule has 0 bridgehead atoms. The Kier molecular flexibility index (Phi) is 11.0. The number of nitrogens with zero attached hydrogens (tertiary/aromatic N) is 3. The van der Waals surface area contributed by atoms with Gasteiger partial charge < -0.3 is 25.0 Å². The van der Waals surface area contributed by atoms with Crippen molar-refractivity contribution in [3.63, 3.8) is 0 Å². The molecule has 2 aromatic carbocycles. The van der Waals surface area contributed by atoms with Gasteiger partial charge in [-0.1, -0.05) is 36.4 Å². The summed E-state index contributed by atoms with van der Waals surface area (Å²) in [6, 6.07) is 14.1. The summed E-state index contributed by atoms with van der Waals surface area (Å²) in [6.45, 7) is 1.22. The molecule has 0 amide bonds. The predicted molar refractivity (Wildman–Crippen MR) is 134 cm³/mol. The molecule has 0 fully saturated rings. The van der Waals surface area contributed by atoms with E-state index in [1.165, 1.54) is 17.7 Å². The fourth-order valence-electron chi connectivity index (χ4n) is 3.04. The van der Waals surface area contributed by atoms with Crippen LogP contribution in [-0.4, -0.2) is 40.3 Å². The lowest BCUT2D eigenvalue weighted by atomic mass is 10.1. The second kappa shape index (κ2) is 13.7. The van der Waals surface area contributed by atoms with Crippen molar-refractivity contribution < 1.29 is 18.6 Å². The van der Waals surface area contributed by atoms with Crippen molar-refractivity contribution in [2.75, 3.05) is 13.1 Å². The topological polar surface area (TPSA) is 83.7 Å². The molecule has 33 heavy (non-hydrogen) atoms. The van der Waals surface area contributed by atoms with Crippen LogP contribution in [0.15, 0.2) is 72.2 Å². The van der Waals surface area contributed by atoms with Crippen molar-refractivity contribution >= 4 is 29.9 Å². The van der Waals surface area contributed by atoms with E-state index in [1.807, 2.05) is 29.8 Å². The largest absolute Gasteiger partial charge is 0.435 e. The molecule has 0 saturated carbocycles. The molecule has 10 heteroatoms. The first-order valence-corrected chi connectivity index (χ1v) is 10.3. The number of ether oxygens (including phenoxy) is 1. The van der Waals surface area contributed by atoms with Crippen LogP contribution in [-0.2, 0) is 13.1 Å². The zero-order valence-electron chi connectivity index (χ0n) is 18.2. The Hall–Kier alpha value is -2.73. The standard InChI is InChI=1S/C23H27F2N5O2.HI/c1-2-27-23(29-14-21(31)19-7-9-20(10-8-19)32-22(24)25)28-13-17-3-5-18(6-4-17)15-30-12-11-26-16-30;/h3-12,16,21-22,31H,2,13-15H2,1H3,(H2,27,28,29);1H. The Labute approximate surface area is 208 Å². The van der Waals surface area contributed by atoms with E-state index in [4.69, 9.17) is 0 Å². The quantitative estimate of drug-likeness (QED) is 0.195. The molecule has 1 aromatic heterocycles. The van der Waals surface area contributed by atoms with Gasteiger partial charge in [-0.2, -0.15) is 8.78 Å². The molecule has 178 valence electrons. The lowest BCUT2D eigenvalue weighted by Crippen LogP contribution is -2.39. The minimum absolute atomic E-state index is 0. The summed E-state index contributed by atoms with van der Waals surface area (Å²) in [4.78, 5) is 8.61. The molecule has 0 radical (unpaired) electrons. The Morgan fingerprint density at radius 2 is 1.79 bits per heavy atom. The lowest BCUT2D eigenvalue weighted by molar-refractivity contribution is -0.0498. The number of alkyl halides is 2.